The van der Waals surface area contributed by atoms with Crippen molar-refractivity contribution in [2.24, 2.45) is 0 Å². The molecule has 1 heterocycles. The van der Waals surface area contributed by atoms with Gasteiger partial charge in [0.05, 0.1) is 0 Å². The van der Waals surface area contributed by atoms with Gasteiger partial charge < -0.3 is 20.3 Å². The standard InChI is InChI=1S/C15H19F2N3O3/c1-10(13(21)20-8-2-3-9-20)18-15(22)19-11-4-6-12(7-5-11)23-14(16)17/h4-7,10,14H,2-3,8-9H2,1H3,(H2,18,19,22)/t10-/m1/s1. The summed E-state index contributed by atoms with van der Waals surface area (Å²) >= 11 is 0. The molecule has 3 amide bonds. The van der Waals surface area contributed by atoms with Crippen molar-refractivity contribution in [2.75, 3.05) is 18.4 Å². The highest BCUT2D eigenvalue weighted by molar-refractivity contribution is 5.93. The first kappa shape index (κ1) is 17.0. The van der Waals surface area contributed by atoms with E-state index in [0.717, 1.165) is 25.9 Å². The second kappa shape index (κ2) is 7.75. The van der Waals surface area contributed by atoms with E-state index in [1.54, 1.807) is 11.8 Å². The zero-order valence-electron chi connectivity index (χ0n) is 12.7. The maximum Gasteiger partial charge on any atom is 0.387 e. The van der Waals surface area contributed by atoms with Crippen LogP contribution in [0.15, 0.2) is 24.3 Å². The maximum atomic E-state index is 12.1. The second-order valence-corrected chi connectivity index (χ2v) is 5.26. The lowest BCUT2D eigenvalue weighted by Crippen LogP contribution is -2.47. The van der Waals surface area contributed by atoms with Gasteiger partial charge in [-0.1, -0.05) is 0 Å². The van der Waals surface area contributed by atoms with Crippen molar-refractivity contribution in [3.05, 3.63) is 24.3 Å². The van der Waals surface area contributed by atoms with Crippen molar-refractivity contribution in [1.29, 1.82) is 0 Å². The molecule has 0 aliphatic carbocycles. The Hall–Kier alpha value is -2.38. The highest BCUT2D eigenvalue weighted by Crippen LogP contribution is 2.17. The number of nitrogens with zero attached hydrogens (tertiary/aromatic N) is 1. The number of amides is 3. The molecule has 8 heteroatoms. The largest absolute Gasteiger partial charge is 0.435 e. The Morgan fingerprint density at radius 3 is 2.35 bits per heavy atom. The number of nitrogens with one attached hydrogen (secondary N) is 2. The quantitative estimate of drug-likeness (QED) is 0.872. The molecular weight excluding hydrogens is 308 g/mol. The lowest BCUT2D eigenvalue weighted by atomic mass is 10.3. The summed E-state index contributed by atoms with van der Waals surface area (Å²) < 4.78 is 28.3. The molecule has 2 rings (SSSR count). The van der Waals surface area contributed by atoms with E-state index in [4.69, 9.17) is 0 Å². The summed E-state index contributed by atoms with van der Waals surface area (Å²) in [6, 6.07) is 4.34. The van der Waals surface area contributed by atoms with E-state index in [-0.39, 0.29) is 11.7 Å². The molecule has 1 aliphatic heterocycles. The maximum absolute atomic E-state index is 12.1. The molecule has 1 fully saturated rings. The Bertz CT molecular complexity index is 545. The van der Waals surface area contributed by atoms with Crippen LogP contribution in [0.4, 0.5) is 19.3 Å². The van der Waals surface area contributed by atoms with Crippen molar-refractivity contribution in [2.45, 2.75) is 32.4 Å². The van der Waals surface area contributed by atoms with Crippen LogP contribution >= 0.6 is 0 Å². The predicted molar refractivity (Wildman–Crippen MR) is 80.5 cm³/mol. The van der Waals surface area contributed by atoms with Crippen molar-refractivity contribution in [3.63, 3.8) is 0 Å². The number of ether oxygens (including phenoxy) is 1. The summed E-state index contributed by atoms with van der Waals surface area (Å²) in [7, 11) is 0. The van der Waals surface area contributed by atoms with Crippen LogP contribution in [0, 0.1) is 0 Å². The number of likely N-dealkylation sites (tertiary alicyclic amines) is 1. The number of benzene rings is 1. The number of alkyl halides is 2. The predicted octanol–water partition coefficient (Wildman–Crippen LogP) is 2.42. The van der Waals surface area contributed by atoms with Gasteiger partial charge in [0, 0.05) is 18.8 Å². The van der Waals surface area contributed by atoms with E-state index in [2.05, 4.69) is 15.4 Å². The fourth-order valence-electron chi connectivity index (χ4n) is 2.36. The normalized spacial score (nSPS) is 15.4. The fourth-order valence-corrected chi connectivity index (χ4v) is 2.36. The third kappa shape index (κ3) is 5.08. The van der Waals surface area contributed by atoms with E-state index in [1.165, 1.54) is 24.3 Å². The summed E-state index contributed by atoms with van der Waals surface area (Å²) in [6.07, 6.45) is 1.97. The van der Waals surface area contributed by atoms with Crippen LogP contribution in [0.3, 0.4) is 0 Å². The van der Waals surface area contributed by atoms with Gasteiger partial charge in [0.2, 0.25) is 5.91 Å². The Kier molecular flexibility index (Phi) is 5.72. The van der Waals surface area contributed by atoms with E-state index >= 15 is 0 Å². The average molecular weight is 327 g/mol. The summed E-state index contributed by atoms with van der Waals surface area (Å²) in [5.74, 6) is -0.109. The molecule has 1 saturated heterocycles. The molecule has 0 bridgehead atoms. The summed E-state index contributed by atoms with van der Waals surface area (Å²) in [5.41, 5.74) is 0.407. The summed E-state index contributed by atoms with van der Waals surface area (Å²) in [4.78, 5) is 25.7. The minimum absolute atomic E-state index is 0.00328. The number of carbonyl (C=O) groups is 2. The molecule has 0 aromatic heterocycles. The monoisotopic (exact) mass is 327 g/mol. The first-order valence-corrected chi connectivity index (χ1v) is 7.37. The van der Waals surface area contributed by atoms with Crippen molar-refractivity contribution < 1.29 is 23.1 Å². The van der Waals surface area contributed by atoms with Crippen molar-refractivity contribution in [1.82, 2.24) is 10.2 Å². The molecule has 0 unspecified atom stereocenters. The van der Waals surface area contributed by atoms with Gasteiger partial charge in [-0.2, -0.15) is 8.78 Å². The first-order chi connectivity index (χ1) is 11.0. The minimum Gasteiger partial charge on any atom is -0.435 e. The van der Waals surface area contributed by atoms with Crippen LogP contribution < -0.4 is 15.4 Å². The third-order valence-electron chi connectivity index (χ3n) is 3.47. The van der Waals surface area contributed by atoms with Crippen molar-refractivity contribution >= 4 is 17.6 Å². The van der Waals surface area contributed by atoms with Gasteiger partial charge in [0.25, 0.3) is 0 Å². The molecule has 6 nitrogen and oxygen atoms in total. The van der Waals surface area contributed by atoms with E-state index in [0.29, 0.717) is 5.69 Å². The molecule has 2 N–H and O–H groups in total. The Morgan fingerprint density at radius 1 is 1.17 bits per heavy atom. The Morgan fingerprint density at radius 2 is 1.78 bits per heavy atom. The van der Waals surface area contributed by atoms with Gasteiger partial charge in [0.1, 0.15) is 11.8 Å². The minimum atomic E-state index is -2.89. The Labute approximate surface area is 132 Å². The molecule has 1 atom stereocenters. The van der Waals surface area contributed by atoms with Crippen LogP contribution in [0.2, 0.25) is 0 Å². The highest BCUT2D eigenvalue weighted by atomic mass is 19.3. The van der Waals surface area contributed by atoms with E-state index in [9.17, 15) is 18.4 Å². The van der Waals surface area contributed by atoms with Gasteiger partial charge in [-0.25, -0.2) is 4.79 Å². The molecule has 0 saturated carbocycles. The van der Waals surface area contributed by atoms with Gasteiger partial charge in [0.15, 0.2) is 0 Å². The van der Waals surface area contributed by atoms with Gasteiger partial charge >= 0.3 is 12.6 Å². The number of hydrogen-bond acceptors (Lipinski definition) is 3. The average Bonchev–Trinajstić information content (AvgIpc) is 3.02. The lowest BCUT2D eigenvalue weighted by molar-refractivity contribution is -0.131. The topological polar surface area (TPSA) is 70.7 Å². The van der Waals surface area contributed by atoms with Gasteiger partial charge in [-0.15, -0.1) is 0 Å². The first-order valence-electron chi connectivity index (χ1n) is 7.37. The van der Waals surface area contributed by atoms with Crippen LogP contribution in [0.25, 0.3) is 0 Å². The van der Waals surface area contributed by atoms with Crippen LogP contribution in [-0.4, -0.2) is 42.6 Å². The van der Waals surface area contributed by atoms with Crippen molar-refractivity contribution in [3.8, 4) is 5.75 Å². The number of carbonyl (C=O) groups excluding carboxylic acids is 2. The number of anilines is 1. The molecule has 126 valence electrons. The SMILES string of the molecule is C[C@@H](NC(=O)Nc1ccc(OC(F)F)cc1)C(=O)N1CCCC1. The number of halogens is 2. The molecule has 1 aromatic carbocycles. The molecule has 1 aromatic rings. The Balaban J connectivity index is 1.82. The van der Waals surface area contributed by atoms with Crippen LogP contribution in [0.5, 0.6) is 5.75 Å². The van der Waals surface area contributed by atoms with Gasteiger partial charge in [-0.3, -0.25) is 4.79 Å². The lowest BCUT2D eigenvalue weighted by Gasteiger charge is -2.21. The molecular formula is C15H19F2N3O3. The smallest absolute Gasteiger partial charge is 0.387 e. The second-order valence-electron chi connectivity index (χ2n) is 5.26. The molecule has 1 aliphatic rings. The van der Waals surface area contributed by atoms with Gasteiger partial charge in [-0.05, 0) is 44.0 Å². The summed E-state index contributed by atoms with van der Waals surface area (Å²) in [6.45, 7) is 0.171. The molecule has 0 spiro atoms. The number of rotatable bonds is 5. The third-order valence-corrected chi connectivity index (χ3v) is 3.47. The van der Waals surface area contributed by atoms with Crippen LogP contribution in [-0.2, 0) is 4.79 Å². The number of urea groups is 1. The zero-order chi connectivity index (χ0) is 16.8. The van der Waals surface area contributed by atoms with Crippen LogP contribution in [0.1, 0.15) is 19.8 Å². The fraction of sp³-hybridized carbons (Fsp3) is 0.467. The molecule has 23 heavy (non-hydrogen) atoms. The highest BCUT2D eigenvalue weighted by Gasteiger charge is 2.24. The van der Waals surface area contributed by atoms with E-state index < -0.39 is 18.7 Å². The molecule has 0 radical (unpaired) electrons. The zero-order valence-corrected chi connectivity index (χ0v) is 12.7. The van der Waals surface area contributed by atoms with E-state index in [1.807, 2.05) is 0 Å². The number of hydrogen-bond donors (Lipinski definition) is 2. The summed E-state index contributed by atoms with van der Waals surface area (Å²) in [5, 5.41) is 5.09.